The highest BCUT2D eigenvalue weighted by molar-refractivity contribution is 5.96. The summed E-state index contributed by atoms with van der Waals surface area (Å²) in [6.07, 6.45) is 6.61. The smallest absolute Gasteiger partial charge is 0.253 e. The second-order valence-electron chi connectivity index (χ2n) is 9.84. The summed E-state index contributed by atoms with van der Waals surface area (Å²) in [5.74, 6) is 0.626. The van der Waals surface area contributed by atoms with Gasteiger partial charge in [0.05, 0.1) is 24.3 Å². The predicted octanol–water partition coefficient (Wildman–Crippen LogP) is 3.58. The highest BCUT2D eigenvalue weighted by Gasteiger charge is 2.17. The van der Waals surface area contributed by atoms with E-state index < -0.39 is 0 Å². The lowest BCUT2D eigenvalue weighted by Crippen LogP contribution is -2.38. The fourth-order valence-electron chi connectivity index (χ4n) is 4.94. The van der Waals surface area contributed by atoms with Crippen LogP contribution in [0.3, 0.4) is 0 Å². The molecule has 0 saturated carbocycles. The van der Waals surface area contributed by atoms with Gasteiger partial charge in [0.1, 0.15) is 12.1 Å². The van der Waals surface area contributed by atoms with Crippen LogP contribution in [0.25, 0.3) is 16.6 Å². The van der Waals surface area contributed by atoms with Gasteiger partial charge in [-0.3, -0.25) is 9.69 Å². The summed E-state index contributed by atoms with van der Waals surface area (Å²) in [4.78, 5) is 24.4. The number of nitrogens with zero attached hydrogens (tertiary/aromatic N) is 4. The van der Waals surface area contributed by atoms with Gasteiger partial charge in [0.15, 0.2) is 0 Å². The molecule has 9 heteroatoms. The van der Waals surface area contributed by atoms with Gasteiger partial charge in [-0.2, -0.15) is 0 Å². The number of nitrogens with one attached hydrogen (secondary N) is 2. The van der Waals surface area contributed by atoms with Crippen LogP contribution < -0.4 is 10.6 Å². The minimum absolute atomic E-state index is 0.0294. The number of anilines is 1. The molecule has 0 radical (unpaired) electrons. The summed E-state index contributed by atoms with van der Waals surface area (Å²) in [5, 5.41) is 17.1. The van der Waals surface area contributed by atoms with Crippen LogP contribution in [0.4, 0.5) is 5.82 Å². The number of carbonyl (C=O) groups excluding carboxylic acids is 1. The maximum atomic E-state index is 13.1. The Hall–Kier alpha value is -3.79. The number of aliphatic hydroxyl groups is 1. The zero-order chi connectivity index (χ0) is 27.0. The second kappa shape index (κ2) is 12.8. The van der Waals surface area contributed by atoms with Crippen LogP contribution in [0.15, 0.2) is 67.3 Å². The largest absolute Gasteiger partial charge is 0.396 e. The molecule has 3 heterocycles. The highest BCUT2D eigenvalue weighted by Crippen LogP contribution is 2.27. The molecule has 9 nitrogen and oxygen atoms in total. The van der Waals surface area contributed by atoms with Crippen molar-refractivity contribution < 1.29 is 14.6 Å². The van der Waals surface area contributed by atoms with Crippen molar-refractivity contribution in [3.8, 4) is 5.69 Å². The molecule has 5 rings (SSSR count). The van der Waals surface area contributed by atoms with Crippen LogP contribution in [-0.4, -0.2) is 76.4 Å². The number of carbonyl (C=O) groups is 1. The zero-order valence-electron chi connectivity index (χ0n) is 22.3. The Labute approximate surface area is 228 Å². The molecule has 1 fully saturated rings. The first-order chi connectivity index (χ1) is 19.1. The number of fused-ring (bicyclic) bond motifs is 1. The molecule has 2 aromatic carbocycles. The molecule has 0 bridgehead atoms. The average Bonchev–Trinajstić information content (AvgIpc) is 3.40. The normalized spacial score (nSPS) is 14.8. The lowest BCUT2D eigenvalue weighted by atomic mass is 10.1. The zero-order valence-corrected chi connectivity index (χ0v) is 22.3. The van der Waals surface area contributed by atoms with E-state index in [1.807, 2.05) is 53.4 Å². The Bertz CT molecular complexity index is 1380. The number of morpholine rings is 1. The Balaban J connectivity index is 1.33. The number of rotatable bonds is 11. The van der Waals surface area contributed by atoms with Crippen LogP contribution >= 0.6 is 0 Å². The van der Waals surface area contributed by atoms with E-state index in [1.165, 1.54) is 5.56 Å². The number of aromatic nitrogens is 3. The number of ether oxygens (including phenoxy) is 1. The summed E-state index contributed by atoms with van der Waals surface area (Å²) in [6, 6.07) is 16.3. The van der Waals surface area contributed by atoms with E-state index in [0.717, 1.165) is 67.2 Å². The molecule has 204 valence electrons. The van der Waals surface area contributed by atoms with Crippen LogP contribution in [0.2, 0.25) is 0 Å². The Morgan fingerprint density at radius 2 is 1.92 bits per heavy atom. The fourth-order valence-corrected chi connectivity index (χ4v) is 4.94. The third kappa shape index (κ3) is 6.62. The van der Waals surface area contributed by atoms with Crippen LogP contribution in [-0.2, 0) is 11.2 Å². The number of benzene rings is 2. The van der Waals surface area contributed by atoms with Crippen molar-refractivity contribution in [1.82, 2.24) is 24.8 Å². The Morgan fingerprint density at radius 3 is 2.72 bits per heavy atom. The lowest BCUT2D eigenvalue weighted by molar-refractivity contribution is 0.0374. The average molecular weight is 529 g/mol. The van der Waals surface area contributed by atoms with E-state index in [4.69, 9.17) is 4.74 Å². The molecular weight excluding hydrogens is 492 g/mol. The third-order valence-electron chi connectivity index (χ3n) is 7.15. The summed E-state index contributed by atoms with van der Waals surface area (Å²) in [5.41, 5.74) is 4.27. The molecule has 1 amide bonds. The lowest BCUT2D eigenvalue weighted by Gasteiger charge is -2.26. The van der Waals surface area contributed by atoms with Crippen molar-refractivity contribution in [2.75, 3.05) is 51.3 Å². The van der Waals surface area contributed by atoms with Crippen molar-refractivity contribution in [3.63, 3.8) is 0 Å². The van der Waals surface area contributed by atoms with Crippen molar-refractivity contribution in [2.24, 2.45) is 0 Å². The van der Waals surface area contributed by atoms with Crippen LogP contribution in [0.5, 0.6) is 0 Å². The molecule has 1 atom stereocenters. The molecule has 1 aliphatic rings. The molecule has 3 N–H and O–H groups in total. The summed E-state index contributed by atoms with van der Waals surface area (Å²) < 4.78 is 7.33. The van der Waals surface area contributed by atoms with Gasteiger partial charge in [-0.15, -0.1) is 0 Å². The molecule has 2 aromatic heterocycles. The minimum atomic E-state index is -0.123. The van der Waals surface area contributed by atoms with Crippen molar-refractivity contribution >= 4 is 22.6 Å². The monoisotopic (exact) mass is 528 g/mol. The topological polar surface area (TPSA) is 105 Å². The summed E-state index contributed by atoms with van der Waals surface area (Å²) in [7, 11) is 0. The first-order valence-corrected chi connectivity index (χ1v) is 13.6. The molecule has 39 heavy (non-hydrogen) atoms. The highest BCUT2D eigenvalue weighted by atomic mass is 16.5. The number of hydrogen-bond donors (Lipinski definition) is 3. The van der Waals surface area contributed by atoms with E-state index >= 15 is 0 Å². The van der Waals surface area contributed by atoms with E-state index in [1.54, 1.807) is 6.33 Å². The van der Waals surface area contributed by atoms with Crippen LogP contribution in [0, 0.1) is 0 Å². The van der Waals surface area contributed by atoms with Gasteiger partial charge in [0.2, 0.25) is 0 Å². The first-order valence-electron chi connectivity index (χ1n) is 13.6. The predicted molar refractivity (Wildman–Crippen MR) is 152 cm³/mol. The van der Waals surface area contributed by atoms with Gasteiger partial charge in [-0.25, -0.2) is 9.97 Å². The second-order valence-corrected chi connectivity index (χ2v) is 9.84. The number of aliphatic hydroxyl groups excluding tert-OH is 1. The van der Waals surface area contributed by atoms with Gasteiger partial charge in [-0.1, -0.05) is 30.3 Å². The molecule has 0 spiro atoms. The molecule has 1 saturated heterocycles. The maximum absolute atomic E-state index is 13.1. The van der Waals surface area contributed by atoms with Crippen molar-refractivity contribution in [2.45, 2.75) is 25.8 Å². The van der Waals surface area contributed by atoms with Crippen molar-refractivity contribution in [3.05, 3.63) is 83.9 Å². The standard InChI is InChI=1S/C30H36N6O3/c1-22(23-6-3-2-4-7-23)34-29-26-18-25(8-9-28(26)32-21-33-29)36-19-24(10-15-37)27(20-36)30(38)31-11-5-12-35-13-16-39-17-14-35/h2-4,6-9,18-22,37H,5,10-17H2,1H3,(H,31,38)(H,32,33,34). The summed E-state index contributed by atoms with van der Waals surface area (Å²) >= 11 is 0. The number of amides is 1. The van der Waals surface area contributed by atoms with Gasteiger partial charge in [0, 0.05) is 55.8 Å². The third-order valence-corrected chi connectivity index (χ3v) is 7.15. The van der Waals surface area contributed by atoms with E-state index in [9.17, 15) is 9.90 Å². The van der Waals surface area contributed by atoms with E-state index in [0.29, 0.717) is 18.5 Å². The number of hydrogen-bond acceptors (Lipinski definition) is 7. The quantitative estimate of drug-likeness (QED) is 0.256. The first kappa shape index (κ1) is 26.8. The SMILES string of the molecule is CC(Nc1ncnc2ccc(-n3cc(CCO)c(C(=O)NCCCN4CCOCC4)c3)cc12)c1ccccc1. The molecule has 0 aliphatic carbocycles. The molecular formula is C30H36N6O3. The van der Waals surface area contributed by atoms with Gasteiger partial charge in [0.25, 0.3) is 5.91 Å². The van der Waals surface area contributed by atoms with Gasteiger partial charge >= 0.3 is 0 Å². The minimum Gasteiger partial charge on any atom is -0.396 e. The maximum Gasteiger partial charge on any atom is 0.253 e. The van der Waals surface area contributed by atoms with E-state index in [2.05, 4.69) is 44.6 Å². The fraction of sp³-hybridized carbons (Fsp3) is 0.367. The van der Waals surface area contributed by atoms with Crippen LogP contribution in [0.1, 0.15) is 40.9 Å². The van der Waals surface area contributed by atoms with Gasteiger partial charge < -0.3 is 25.0 Å². The van der Waals surface area contributed by atoms with Crippen molar-refractivity contribution in [1.29, 1.82) is 0 Å². The Morgan fingerprint density at radius 1 is 1.10 bits per heavy atom. The molecule has 1 unspecified atom stereocenters. The van der Waals surface area contributed by atoms with E-state index in [-0.39, 0.29) is 18.6 Å². The Kier molecular flexibility index (Phi) is 8.82. The summed E-state index contributed by atoms with van der Waals surface area (Å²) in [6.45, 7) is 7.04. The molecule has 4 aromatic rings. The van der Waals surface area contributed by atoms with Gasteiger partial charge in [-0.05, 0) is 55.6 Å². The molecule has 1 aliphatic heterocycles.